The maximum absolute atomic E-state index is 10.9. The Morgan fingerprint density at radius 2 is 2.19 bits per heavy atom. The van der Waals surface area contributed by atoms with E-state index in [1.54, 1.807) is 7.11 Å². The summed E-state index contributed by atoms with van der Waals surface area (Å²) in [6.45, 7) is 1.32. The zero-order valence-corrected chi connectivity index (χ0v) is 12.2. The number of methoxy groups -OCH3 is 1. The predicted octanol–water partition coefficient (Wildman–Crippen LogP) is 0.699. The van der Waals surface area contributed by atoms with Crippen molar-refractivity contribution in [2.45, 2.75) is 24.9 Å². The molecule has 0 saturated carbocycles. The van der Waals surface area contributed by atoms with Crippen LogP contribution in [0.3, 0.4) is 0 Å². The molecule has 1 aliphatic heterocycles. The summed E-state index contributed by atoms with van der Waals surface area (Å²) >= 11 is 0. The van der Waals surface area contributed by atoms with Gasteiger partial charge in [-0.25, -0.2) is 0 Å². The number of hydrogen-bond acceptors (Lipinski definition) is 5. The minimum atomic E-state index is -1.01. The van der Waals surface area contributed by atoms with Crippen LogP contribution in [0.5, 0.6) is 5.75 Å². The Morgan fingerprint density at radius 3 is 2.76 bits per heavy atom. The molecule has 1 fully saturated rings. The first-order chi connectivity index (χ1) is 10.1. The Hall–Kier alpha value is -1.79. The molecule has 1 saturated heterocycles. The molecule has 2 rings (SSSR count). The molecule has 116 valence electrons. The fourth-order valence-corrected chi connectivity index (χ4v) is 2.60. The highest BCUT2D eigenvalue weighted by molar-refractivity contribution is 5.73. The third kappa shape index (κ3) is 4.09. The number of benzene rings is 1. The van der Waals surface area contributed by atoms with Crippen molar-refractivity contribution < 1.29 is 19.7 Å². The third-order valence-electron chi connectivity index (χ3n) is 3.83. The van der Waals surface area contributed by atoms with Crippen molar-refractivity contribution in [1.29, 1.82) is 0 Å². The second kappa shape index (κ2) is 7.28. The number of rotatable bonds is 6. The number of nitrogens with zero attached hydrogens (tertiary/aromatic N) is 1. The summed E-state index contributed by atoms with van der Waals surface area (Å²) in [5.74, 6) is -0.174. The zero-order chi connectivity index (χ0) is 15.2. The highest BCUT2D eigenvalue weighted by atomic mass is 16.5. The Morgan fingerprint density at radius 1 is 1.48 bits per heavy atom. The summed E-state index contributed by atoms with van der Waals surface area (Å²) in [4.78, 5) is 13.2. The van der Waals surface area contributed by atoms with Gasteiger partial charge < -0.3 is 19.8 Å². The zero-order valence-electron chi connectivity index (χ0n) is 12.2. The lowest BCUT2D eigenvalue weighted by molar-refractivity contribution is -0.140. The van der Waals surface area contributed by atoms with E-state index >= 15 is 0 Å². The van der Waals surface area contributed by atoms with E-state index in [-0.39, 0.29) is 12.6 Å². The molecule has 0 bridgehead atoms. The minimum absolute atomic E-state index is 0.125. The third-order valence-corrected chi connectivity index (χ3v) is 3.83. The predicted molar refractivity (Wildman–Crippen MR) is 79.9 cm³/mol. The van der Waals surface area contributed by atoms with Crippen LogP contribution in [0.2, 0.25) is 0 Å². The summed E-state index contributed by atoms with van der Waals surface area (Å²) in [6.07, 6.45) is 1.70. The number of carbonyl (C=O) groups is 1. The summed E-state index contributed by atoms with van der Waals surface area (Å²) in [5.41, 5.74) is 1.12. The average Bonchev–Trinajstić information content (AvgIpc) is 2.53. The van der Waals surface area contributed by atoms with Crippen molar-refractivity contribution in [3.8, 4) is 5.75 Å². The maximum Gasteiger partial charge on any atom is 0.323 e. The van der Waals surface area contributed by atoms with Crippen LogP contribution in [0.4, 0.5) is 5.69 Å². The van der Waals surface area contributed by atoms with Crippen LogP contribution in [-0.4, -0.2) is 55.1 Å². The van der Waals surface area contributed by atoms with Crippen molar-refractivity contribution in [1.82, 2.24) is 5.32 Å². The molecule has 0 aromatic heterocycles. The topological polar surface area (TPSA) is 82.0 Å². The van der Waals surface area contributed by atoms with E-state index in [0.717, 1.165) is 37.4 Å². The Labute approximate surface area is 124 Å². The molecule has 0 amide bonds. The number of aliphatic hydroxyl groups is 1. The molecule has 0 spiro atoms. The van der Waals surface area contributed by atoms with Crippen LogP contribution in [-0.2, 0) is 4.79 Å². The Bertz CT molecular complexity index is 472. The van der Waals surface area contributed by atoms with Crippen LogP contribution in [0.15, 0.2) is 24.3 Å². The van der Waals surface area contributed by atoms with Crippen molar-refractivity contribution in [2.75, 3.05) is 31.7 Å². The maximum atomic E-state index is 10.9. The molecule has 6 heteroatoms. The van der Waals surface area contributed by atoms with E-state index in [0.29, 0.717) is 0 Å². The van der Waals surface area contributed by atoms with Crippen LogP contribution in [0.1, 0.15) is 12.8 Å². The number of carboxylic acids is 1. The first-order valence-electron chi connectivity index (χ1n) is 7.12. The number of carboxylic acid groups (broad SMARTS) is 1. The van der Waals surface area contributed by atoms with Gasteiger partial charge in [0.2, 0.25) is 0 Å². The molecule has 1 aromatic carbocycles. The van der Waals surface area contributed by atoms with Gasteiger partial charge in [-0.3, -0.25) is 10.1 Å². The molecule has 6 nitrogen and oxygen atoms in total. The van der Waals surface area contributed by atoms with Gasteiger partial charge in [-0.2, -0.15) is 0 Å². The van der Waals surface area contributed by atoms with Crippen LogP contribution in [0.25, 0.3) is 0 Å². The van der Waals surface area contributed by atoms with E-state index in [2.05, 4.69) is 10.2 Å². The highest BCUT2D eigenvalue weighted by Crippen LogP contribution is 2.24. The van der Waals surface area contributed by atoms with Gasteiger partial charge in [-0.15, -0.1) is 0 Å². The number of aliphatic hydroxyl groups excluding tert-OH is 1. The molecule has 1 atom stereocenters. The first kappa shape index (κ1) is 15.6. The van der Waals surface area contributed by atoms with E-state index in [9.17, 15) is 4.79 Å². The van der Waals surface area contributed by atoms with Gasteiger partial charge in [0.25, 0.3) is 0 Å². The minimum Gasteiger partial charge on any atom is -0.497 e. The SMILES string of the molecule is COc1cccc(N2CCC(NC(CO)C(=O)O)CC2)c1. The van der Waals surface area contributed by atoms with Crippen LogP contribution >= 0.6 is 0 Å². The van der Waals surface area contributed by atoms with Gasteiger partial charge in [0, 0.05) is 30.9 Å². The van der Waals surface area contributed by atoms with Gasteiger partial charge in [0.1, 0.15) is 11.8 Å². The van der Waals surface area contributed by atoms with Gasteiger partial charge in [-0.05, 0) is 25.0 Å². The molecular weight excluding hydrogens is 272 g/mol. The fourth-order valence-electron chi connectivity index (χ4n) is 2.60. The summed E-state index contributed by atoms with van der Waals surface area (Å²) in [5, 5.41) is 21.0. The van der Waals surface area contributed by atoms with Crippen molar-refractivity contribution in [2.24, 2.45) is 0 Å². The number of piperidine rings is 1. The average molecular weight is 294 g/mol. The largest absolute Gasteiger partial charge is 0.497 e. The van der Waals surface area contributed by atoms with E-state index in [1.807, 2.05) is 24.3 Å². The smallest absolute Gasteiger partial charge is 0.323 e. The number of aliphatic carboxylic acids is 1. The Balaban J connectivity index is 1.89. The standard InChI is InChI=1S/C15H22N2O4/c1-21-13-4-2-3-12(9-13)17-7-5-11(6-8-17)16-14(10-18)15(19)20/h2-4,9,11,14,16,18H,5-8,10H2,1H3,(H,19,20). The van der Waals surface area contributed by atoms with Gasteiger partial charge in [0.05, 0.1) is 13.7 Å². The summed E-state index contributed by atoms with van der Waals surface area (Å²) < 4.78 is 5.23. The van der Waals surface area contributed by atoms with Gasteiger partial charge in [-0.1, -0.05) is 6.07 Å². The summed E-state index contributed by atoms with van der Waals surface area (Å²) in [7, 11) is 1.65. The Kier molecular flexibility index (Phi) is 5.41. The summed E-state index contributed by atoms with van der Waals surface area (Å²) in [6, 6.07) is 7.17. The number of ether oxygens (including phenoxy) is 1. The number of anilines is 1. The molecule has 0 aliphatic carbocycles. The van der Waals surface area contributed by atoms with E-state index in [1.165, 1.54) is 0 Å². The molecule has 1 aliphatic rings. The molecule has 0 radical (unpaired) electrons. The second-order valence-electron chi connectivity index (χ2n) is 5.20. The lowest BCUT2D eigenvalue weighted by Crippen LogP contribution is -2.50. The lowest BCUT2D eigenvalue weighted by atomic mass is 10.0. The van der Waals surface area contributed by atoms with E-state index in [4.69, 9.17) is 14.9 Å². The molecule has 1 aromatic rings. The van der Waals surface area contributed by atoms with Gasteiger partial charge in [0.15, 0.2) is 0 Å². The number of hydrogen-bond donors (Lipinski definition) is 3. The van der Waals surface area contributed by atoms with Gasteiger partial charge >= 0.3 is 5.97 Å². The van der Waals surface area contributed by atoms with Crippen molar-refractivity contribution in [3.05, 3.63) is 24.3 Å². The first-order valence-corrected chi connectivity index (χ1v) is 7.12. The molecule has 1 unspecified atom stereocenters. The van der Waals surface area contributed by atoms with Crippen molar-refractivity contribution in [3.63, 3.8) is 0 Å². The van der Waals surface area contributed by atoms with Crippen LogP contribution < -0.4 is 15.0 Å². The quantitative estimate of drug-likeness (QED) is 0.716. The molecular formula is C15H22N2O4. The monoisotopic (exact) mass is 294 g/mol. The molecule has 3 N–H and O–H groups in total. The second-order valence-corrected chi connectivity index (χ2v) is 5.20. The van der Waals surface area contributed by atoms with E-state index < -0.39 is 12.0 Å². The highest BCUT2D eigenvalue weighted by Gasteiger charge is 2.24. The van der Waals surface area contributed by atoms with Crippen LogP contribution in [0, 0.1) is 0 Å². The van der Waals surface area contributed by atoms with Crippen molar-refractivity contribution >= 4 is 11.7 Å². The number of nitrogens with one attached hydrogen (secondary N) is 1. The lowest BCUT2D eigenvalue weighted by Gasteiger charge is -2.35. The molecule has 21 heavy (non-hydrogen) atoms. The normalized spacial score (nSPS) is 17.5. The molecule has 1 heterocycles. The fraction of sp³-hybridized carbons (Fsp3) is 0.533.